The van der Waals surface area contributed by atoms with E-state index in [1.807, 2.05) is 30.0 Å². The topological polar surface area (TPSA) is 44.4 Å². The van der Waals surface area contributed by atoms with Gasteiger partial charge in [0.2, 0.25) is 5.91 Å². The number of hydrogen-bond acceptors (Lipinski definition) is 2. The van der Waals surface area contributed by atoms with Gasteiger partial charge in [0.1, 0.15) is 0 Å². The predicted molar refractivity (Wildman–Crippen MR) is 126 cm³/mol. The third-order valence-electron chi connectivity index (χ3n) is 5.44. The molecule has 1 heterocycles. The zero-order valence-electron chi connectivity index (χ0n) is 18.0. The summed E-state index contributed by atoms with van der Waals surface area (Å²) in [7, 11) is 0. The summed E-state index contributed by atoms with van der Waals surface area (Å²) >= 11 is 5.51. The summed E-state index contributed by atoms with van der Waals surface area (Å²) in [4.78, 5) is 13.9. The Balaban J connectivity index is 1.61. The Morgan fingerprint density at radius 3 is 2.38 bits per heavy atom. The molecule has 0 bridgehead atoms. The van der Waals surface area contributed by atoms with E-state index in [1.165, 1.54) is 11.1 Å². The van der Waals surface area contributed by atoms with Crippen molar-refractivity contribution in [2.75, 3.05) is 16.8 Å². The summed E-state index contributed by atoms with van der Waals surface area (Å²) in [5.41, 5.74) is 5.65. The quantitative estimate of drug-likeness (QED) is 0.658. The van der Waals surface area contributed by atoms with Crippen LogP contribution >= 0.6 is 12.2 Å². The van der Waals surface area contributed by atoms with E-state index in [0.29, 0.717) is 11.5 Å². The third-order valence-corrected chi connectivity index (χ3v) is 5.66. The molecule has 1 atom stereocenters. The molecule has 0 aliphatic carbocycles. The van der Waals surface area contributed by atoms with Gasteiger partial charge in [-0.25, -0.2) is 0 Å². The molecule has 2 aromatic rings. The molecule has 0 saturated carbocycles. The lowest BCUT2D eigenvalue weighted by Gasteiger charge is -2.22. The summed E-state index contributed by atoms with van der Waals surface area (Å²) in [6.07, 6.45) is 1.57. The predicted octanol–water partition coefficient (Wildman–Crippen LogP) is 5.47. The third kappa shape index (κ3) is 5.15. The lowest BCUT2D eigenvalue weighted by atomic mass is 9.86. The van der Waals surface area contributed by atoms with Crippen LogP contribution in [-0.2, 0) is 10.2 Å². The lowest BCUT2D eigenvalue weighted by molar-refractivity contribution is -0.117. The standard InChI is InChI=1S/C24H31N3OS/c1-16-15-20(12-13-21(16)27-14-6-7-22(27)28)26-23(29)25-17(2)18-8-10-19(11-9-18)24(3,4)5/h8-13,15,17H,6-7,14H2,1-5H3,(H2,25,26,29). The number of hydrogen-bond donors (Lipinski definition) is 2. The summed E-state index contributed by atoms with van der Waals surface area (Å²) in [6.45, 7) is 11.6. The van der Waals surface area contributed by atoms with Crippen LogP contribution in [0.15, 0.2) is 42.5 Å². The maximum absolute atomic E-state index is 12.0. The first-order valence-corrected chi connectivity index (χ1v) is 10.6. The zero-order chi connectivity index (χ0) is 21.2. The zero-order valence-corrected chi connectivity index (χ0v) is 18.8. The van der Waals surface area contributed by atoms with Gasteiger partial charge in [-0.15, -0.1) is 0 Å². The molecule has 1 aliphatic heterocycles. The van der Waals surface area contributed by atoms with Gasteiger partial charge in [-0.1, -0.05) is 45.0 Å². The van der Waals surface area contributed by atoms with Crippen LogP contribution < -0.4 is 15.5 Å². The number of anilines is 2. The van der Waals surface area contributed by atoms with Crippen LogP contribution in [0.2, 0.25) is 0 Å². The average Bonchev–Trinajstić information content (AvgIpc) is 3.07. The highest BCUT2D eigenvalue weighted by Gasteiger charge is 2.23. The Labute approximate surface area is 179 Å². The van der Waals surface area contributed by atoms with Crippen LogP contribution in [0.3, 0.4) is 0 Å². The number of carbonyl (C=O) groups is 1. The van der Waals surface area contributed by atoms with E-state index in [2.05, 4.69) is 62.6 Å². The van der Waals surface area contributed by atoms with E-state index >= 15 is 0 Å². The Bertz CT molecular complexity index is 899. The molecule has 29 heavy (non-hydrogen) atoms. The van der Waals surface area contributed by atoms with Gasteiger partial charge >= 0.3 is 0 Å². The summed E-state index contributed by atoms with van der Waals surface area (Å²) < 4.78 is 0. The van der Waals surface area contributed by atoms with Crippen LogP contribution in [0.5, 0.6) is 0 Å². The Morgan fingerprint density at radius 2 is 1.83 bits per heavy atom. The maximum atomic E-state index is 12.0. The molecular formula is C24H31N3OS. The molecule has 5 heteroatoms. The molecule has 0 spiro atoms. The molecule has 2 aromatic carbocycles. The van der Waals surface area contributed by atoms with Gasteiger partial charge in [-0.2, -0.15) is 0 Å². The van der Waals surface area contributed by atoms with Crippen molar-refractivity contribution in [3.05, 3.63) is 59.2 Å². The van der Waals surface area contributed by atoms with Gasteiger partial charge in [0.15, 0.2) is 5.11 Å². The normalized spacial score (nSPS) is 15.3. The van der Waals surface area contributed by atoms with Crippen molar-refractivity contribution in [2.45, 2.75) is 58.9 Å². The van der Waals surface area contributed by atoms with E-state index in [-0.39, 0.29) is 17.4 Å². The largest absolute Gasteiger partial charge is 0.356 e. The molecule has 0 radical (unpaired) electrons. The van der Waals surface area contributed by atoms with Crippen molar-refractivity contribution < 1.29 is 4.79 Å². The molecule has 1 unspecified atom stereocenters. The first-order valence-electron chi connectivity index (χ1n) is 10.2. The second-order valence-electron chi connectivity index (χ2n) is 8.84. The number of nitrogens with zero attached hydrogens (tertiary/aromatic N) is 1. The first kappa shape index (κ1) is 21.3. The van der Waals surface area contributed by atoms with Gasteiger partial charge in [0, 0.05) is 24.3 Å². The van der Waals surface area contributed by atoms with Crippen molar-refractivity contribution in [3.8, 4) is 0 Å². The Hall–Kier alpha value is -2.40. The van der Waals surface area contributed by atoms with E-state index < -0.39 is 0 Å². The molecule has 1 aliphatic rings. The minimum atomic E-state index is 0.103. The number of benzene rings is 2. The highest BCUT2D eigenvalue weighted by atomic mass is 32.1. The average molecular weight is 410 g/mol. The minimum absolute atomic E-state index is 0.103. The summed E-state index contributed by atoms with van der Waals surface area (Å²) in [6, 6.07) is 14.8. The maximum Gasteiger partial charge on any atom is 0.227 e. The van der Waals surface area contributed by atoms with E-state index in [4.69, 9.17) is 12.2 Å². The van der Waals surface area contributed by atoms with Gasteiger partial charge < -0.3 is 15.5 Å². The molecular weight excluding hydrogens is 378 g/mol. The van der Waals surface area contributed by atoms with Crippen molar-refractivity contribution in [1.82, 2.24) is 5.32 Å². The number of amides is 1. The van der Waals surface area contributed by atoms with E-state index in [9.17, 15) is 4.79 Å². The van der Waals surface area contributed by atoms with Crippen molar-refractivity contribution in [1.29, 1.82) is 0 Å². The molecule has 4 nitrogen and oxygen atoms in total. The number of rotatable bonds is 4. The van der Waals surface area contributed by atoms with Crippen LogP contribution in [0, 0.1) is 6.92 Å². The fraction of sp³-hybridized carbons (Fsp3) is 0.417. The number of aryl methyl sites for hydroxylation is 1. The number of nitrogens with one attached hydrogen (secondary N) is 2. The first-order chi connectivity index (χ1) is 13.6. The van der Waals surface area contributed by atoms with Crippen molar-refractivity contribution in [2.24, 2.45) is 0 Å². The van der Waals surface area contributed by atoms with Gasteiger partial charge in [0.05, 0.1) is 6.04 Å². The Morgan fingerprint density at radius 1 is 1.14 bits per heavy atom. The number of carbonyl (C=O) groups excluding carboxylic acids is 1. The van der Waals surface area contributed by atoms with E-state index in [1.54, 1.807) is 0 Å². The second-order valence-corrected chi connectivity index (χ2v) is 9.25. The molecule has 1 fully saturated rings. The summed E-state index contributed by atoms with van der Waals surface area (Å²) in [5, 5.41) is 7.20. The fourth-order valence-corrected chi connectivity index (χ4v) is 3.95. The van der Waals surface area contributed by atoms with Crippen LogP contribution in [0.4, 0.5) is 11.4 Å². The highest BCUT2D eigenvalue weighted by molar-refractivity contribution is 7.80. The van der Waals surface area contributed by atoms with Gasteiger partial charge in [-0.05, 0) is 72.8 Å². The molecule has 2 N–H and O–H groups in total. The number of thiocarbonyl (C=S) groups is 1. The van der Waals surface area contributed by atoms with Crippen LogP contribution in [0.25, 0.3) is 0 Å². The summed E-state index contributed by atoms with van der Waals surface area (Å²) in [5.74, 6) is 0.206. The van der Waals surface area contributed by atoms with Gasteiger partial charge in [0.25, 0.3) is 0 Å². The van der Waals surface area contributed by atoms with E-state index in [0.717, 1.165) is 29.9 Å². The fourth-order valence-electron chi connectivity index (χ4n) is 3.66. The minimum Gasteiger partial charge on any atom is -0.356 e. The molecule has 3 rings (SSSR count). The molecule has 0 aromatic heterocycles. The highest BCUT2D eigenvalue weighted by Crippen LogP contribution is 2.28. The molecule has 1 amide bonds. The van der Waals surface area contributed by atoms with Crippen LogP contribution in [0.1, 0.15) is 63.3 Å². The molecule has 154 valence electrons. The second kappa shape index (κ2) is 8.54. The van der Waals surface area contributed by atoms with Crippen molar-refractivity contribution in [3.63, 3.8) is 0 Å². The SMILES string of the molecule is Cc1cc(NC(=S)NC(C)c2ccc(C(C)(C)C)cc2)ccc1N1CCCC1=O. The van der Waals surface area contributed by atoms with Crippen LogP contribution in [-0.4, -0.2) is 17.6 Å². The molecule has 1 saturated heterocycles. The van der Waals surface area contributed by atoms with Crippen molar-refractivity contribution >= 4 is 34.6 Å². The van der Waals surface area contributed by atoms with Gasteiger partial charge in [-0.3, -0.25) is 4.79 Å². The monoisotopic (exact) mass is 409 g/mol. The smallest absolute Gasteiger partial charge is 0.227 e. The Kier molecular flexibility index (Phi) is 6.27. The lowest BCUT2D eigenvalue weighted by Crippen LogP contribution is -2.31.